The average Bonchev–Trinajstić information content (AvgIpc) is 3.20. The number of nitrogens with zero attached hydrogens (tertiary/aromatic N) is 5. The molecule has 1 saturated carbocycles. The lowest BCUT2D eigenvalue weighted by Crippen LogP contribution is -2.22. The van der Waals surface area contributed by atoms with Gasteiger partial charge in [-0.05, 0) is 56.0 Å². The Balaban J connectivity index is 1.22. The summed E-state index contributed by atoms with van der Waals surface area (Å²) < 4.78 is 1.62. The van der Waals surface area contributed by atoms with Crippen LogP contribution in [0.2, 0.25) is 0 Å². The van der Waals surface area contributed by atoms with Gasteiger partial charge in [0.25, 0.3) is 5.91 Å². The van der Waals surface area contributed by atoms with E-state index in [0.29, 0.717) is 35.7 Å². The van der Waals surface area contributed by atoms with Crippen LogP contribution in [-0.4, -0.2) is 55.6 Å². The van der Waals surface area contributed by atoms with Crippen molar-refractivity contribution in [1.82, 2.24) is 35.1 Å². The Bertz CT molecular complexity index is 1300. The minimum Gasteiger partial charge on any atom is -0.351 e. The second kappa shape index (κ2) is 8.99. The maximum Gasteiger partial charge on any atom is 0.326 e. The van der Waals surface area contributed by atoms with Crippen molar-refractivity contribution in [3.63, 3.8) is 0 Å². The fourth-order valence-corrected chi connectivity index (χ4v) is 4.36. The second-order valence-electron chi connectivity index (χ2n) is 9.24. The fourth-order valence-electron chi connectivity index (χ4n) is 4.36. The highest BCUT2D eigenvalue weighted by Crippen LogP contribution is 2.26. The van der Waals surface area contributed by atoms with Gasteiger partial charge in [0.2, 0.25) is 11.9 Å². The van der Waals surface area contributed by atoms with E-state index in [1.165, 1.54) is 31.5 Å². The third kappa shape index (κ3) is 4.80. The van der Waals surface area contributed by atoms with Gasteiger partial charge < -0.3 is 16.0 Å². The first-order valence-corrected chi connectivity index (χ1v) is 12.0. The molecule has 2 saturated heterocycles. The second-order valence-corrected chi connectivity index (χ2v) is 9.24. The SMILES string of the molecule is O=C1NC(=O)/C(=C/c2cnn3c(NC4CC4)nc(NCc4ccc(CN5CCCC5)cc4)nc23)N1. The molecule has 2 aromatic heterocycles. The van der Waals surface area contributed by atoms with E-state index in [-0.39, 0.29) is 5.70 Å². The molecular formula is C24H27N9O2. The number of rotatable bonds is 8. The van der Waals surface area contributed by atoms with E-state index >= 15 is 0 Å². The van der Waals surface area contributed by atoms with Crippen molar-refractivity contribution in [2.45, 2.75) is 44.8 Å². The summed E-state index contributed by atoms with van der Waals surface area (Å²) in [7, 11) is 0. The third-order valence-electron chi connectivity index (χ3n) is 6.40. The average molecular weight is 474 g/mol. The van der Waals surface area contributed by atoms with Crippen LogP contribution in [0.5, 0.6) is 0 Å². The molecule has 3 fully saturated rings. The molecule has 6 rings (SSSR count). The smallest absolute Gasteiger partial charge is 0.326 e. The van der Waals surface area contributed by atoms with E-state index in [1.807, 2.05) is 0 Å². The molecule has 1 aliphatic carbocycles. The monoisotopic (exact) mass is 473 g/mol. The normalized spacial score (nSPS) is 19.4. The fraction of sp³-hybridized carbons (Fsp3) is 0.375. The van der Waals surface area contributed by atoms with Crippen LogP contribution in [0.25, 0.3) is 11.7 Å². The van der Waals surface area contributed by atoms with Crippen LogP contribution in [-0.2, 0) is 17.9 Å². The molecule has 4 N–H and O–H groups in total. The van der Waals surface area contributed by atoms with E-state index in [9.17, 15) is 9.59 Å². The molecule has 11 heteroatoms. The van der Waals surface area contributed by atoms with Gasteiger partial charge in [0, 0.05) is 24.7 Å². The van der Waals surface area contributed by atoms with Gasteiger partial charge >= 0.3 is 6.03 Å². The summed E-state index contributed by atoms with van der Waals surface area (Å²) >= 11 is 0. The maximum atomic E-state index is 12.0. The van der Waals surface area contributed by atoms with Gasteiger partial charge in [-0.1, -0.05) is 24.3 Å². The quantitative estimate of drug-likeness (QED) is 0.289. The zero-order chi connectivity index (χ0) is 23.8. The Kier molecular flexibility index (Phi) is 5.53. The van der Waals surface area contributed by atoms with E-state index < -0.39 is 11.9 Å². The zero-order valence-electron chi connectivity index (χ0n) is 19.3. The number of carbonyl (C=O) groups excluding carboxylic acids is 2. The standard InChI is InChI=1S/C24H27N9O2/c34-21-19(28-24(35)30-21)11-17-13-26-33-20(17)29-22(31-23(33)27-18-7-8-18)25-12-15-3-5-16(6-4-15)14-32-9-1-2-10-32/h3-6,11,13,18H,1-2,7-10,12,14H2,(H2,25,27,29,31)(H2,28,30,34,35)/b19-11-. The molecule has 0 radical (unpaired) electrons. The highest BCUT2D eigenvalue weighted by molar-refractivity contribution is 6.14. The van der Waals surface area contributed by atoms with E-state index in [0.717, 1.165) is 24.9 Å². The topological polar surface area (TPSA) is 129 Å². The Hall–Kier alpha value is -3.99. The number of imide groups is 1. The van der Waals surface area contributed by atoms with Crippen molar-refractivity contribution < 1.29 is 9.59 Å². The van der Waals surface area contributed by atoms with E-state index in [4.69, 9.17) is 0 Å². The lowest BCUT2D eigenvalue weighted by atomic mass is 10.1. The van der Waals surface area contributed by atoms with Crippen LogP contribution < -0.4 is 21.3 Å². The van der Waals surface area contributed by atoms with Crippen molar-refractivity contribution in [2.24, 2.45) is 0 Å². The van der Waals surface area contributed by atoms with Crippen molar-refractivity contribution >= 4 is 35.6 Å². The Morgan fingerprint density at radius 1 is 1.03 bits per heavy atom. The van der Waals surface area contributed by atoms with Gasteiger partial charge in [-0.25, -0.2) is 4.79 Å². The maximum absolute atomic E-state index is 12.0. The molecule has 0 unspecified atom stereocenters. The summed E-state index contributed by atoms with van der Waals surface area (Å²) in [5.74, 6) is 0.568. The molecule has 2 aliphatic heterocycles. The predicted octanol–water partition coefficient (Wildman–Crippen LogP) is 2.09. The molecule has 11 nitrogen and oxygen atoms in total. The van der Waals surface area contributed by atoms with Crippen LogP contribution in [0, 0.1) is 0 Å². The molecular weight excluding hydrogens is 446 g/mol. The summed E-state index contributed by atoms with van der Waals surface area (Å²) in [5, 5.41) is 15.8. The molecule has 3 aliphatic rings. The highest BCUT2D eigenvalue weighted by atomic mass is 16.2. The van der Waals surface area contributed by atoms with Crippen molar-refractivity contribution in [3.05, 3.63) is 52.8 Å². The van der Waals surface area contributed by atoms with Gasteiger partial charge in [0.15, 0.2) is 5.65 Å². The van der Waals surface area contributed by atoms with Crippen molar-refractivity contribution in [3.8, 4) is 0 Å². The minimum atomic E-state index is -0.544. The van der Waals surface area contributed by atoms with Crippen molar-refractivity contribution in [1.29, 1.82) is 0 Å². The summed E-state index contributed by atoms with van der Waals surface area (Å²) in [6.45, 7) is 3.95. The van der Waals surface area contributed by atoms with E-state index in [1.54, 1.807) is 16.8 Å². The number of aromatic nitrogens is 4. The first kappa shape index (κ1) is 21.5. The number of nitrogens with one attached hydrogen (secondary N) is 4. The largest absolute Gasteiger partial charge is 0.351 e. The first-order chi connectivity index (χ1) is 17.1. The Morgan fingerprint density at radius 2 is 1.80 bits per heavy atom. The molecule has 3 amide bonds. The number of benzene rings is 1. The van der Waals surface area contributed by atoms with Gasteiger partial charge in [0.1, 0.15) is 5.70 Å². The third-order valence-corrected chi connectivity index (χ3v) is 6.40. The molecule has 0 bridgehead atoms. The van der Waals surface area contributed by atoms with Crippen molar-refractivity contribution in [2.75, 3.05) is 23.7 Å². The van der Waals surface area contributed by atoms with Crippen LogP contribution in [0.15, 0.2) is 36.2 Å². The van der Waals surface area contributed by atoms with Gasteiger partial charge in [-0.3, -0.25) is 15.0 Å². The van der Waals surface area contributed by atoms with Crippen LogP contribution >= 0.6 is 0 Å². The van der Waals surface area contributed by atoms with Gasteiger partial charge in [0.05, 0.1) is 6.20 Å². The molecule has 35 heavy (non-hydrogen) atoms. The lowest BCUT2D eigenvalue weighted by Gasteiger charge is -2.15. The Morgan fingerprint density at radius 3 is 2.51 bits per heavy atom. The summed E-state index contributed by atoms with van der Waals surface area (Å²) in [4.78, 5) is 35.2. The molecule has 0 atom stereocenters. The van der Waals surface area contributed by atoms with Crippen LogP contribution in [0.1, 0.15) is 42.4 Å². The van der Waals surface area contributed by atoms with Crippen LogP contribution in [0.4, 0.5) is 16.7 Å². The van der Waals surface area contributed by atoms with Gasteiger partial charge in [-0.2, -0.15) is 19.6 Å². The lowest BCUT2D eigenvalue weighted by molar-refractivity contribution is -0.115. The Labute approximate surface area is 202 Å². The van der Waals surface area contributed by atoms with E-state index in [2.05, 4.69) is 65.5 Å². The molecule has 180 valence electrons. The minimum absolute atomic E-state index is 0.156. The summed E-state index contributed by atoms with van der Waals surface area (Å²) in [6, 6.07) is 8.46. The number of urea groups is 1. The predicted molar refractivity (Wildman–Crippen MR) is 130 cm³/mol. The summed E-state index contributed by atoms with van der Waals surface area (Å²) in [6.07, 6.45) is 7.93. The first-order valence-electron chi connectivity index (χ1n) is 12.0. The van der Waals surface area contributed by atoms with Crippen LogP contribution in [0.3, 0.4) is 0 Å². The number of likely N-dealkylation sites (tertiary alicyclic amines) is 1. The number of amides is 3. The molecule has 1 aromatic carbocycles. The number of fused-ring (bicyclic) bond motifs is 1. The number of anilines is 2. The molecule has 4 heterocycles. The number of hydrogen-bond acceptors (Lipinski definition) is 8. The zero-order valence-corrected chi connectivity index (χ0v) is 19.3. The highest BCUT2D eigenvalue weighted by Gasteiger charge is 2.26. The van der Waals surface area contributed by atoms with Gasteiger partial charge in [-0.15, -0.1) is 0 Å². The molecule has 3 aromatic rings. The summed E-state index contributed by atoms with van der Waals surface area (Å²) in [5.41, 5.74) is 3.76. The molecule has 0 spiro atoms. The number of carbonyl (C=O) groups is 2. The number of hydrogen-bond donors (Lipinski definition) is 4.